The molecule has 1 aromatic heterocycles. The molecule has 5 nitrogen and oxygen atoms in total. The van der Waals surface area contributed by atoms with Gasteiger partial charge in [0.2, 0.25) is 5.78 Å². The van der Waals surface area contributed by atoms with Crippen LogP contribution in [0.3, 0.4) is 0 Å². The molecule has 1 unspecified atom stereocenters. The summed E-state index contributed by atoms with van der Waals surface area (Å²) < 4.78 is 7.11. The summed E-state index contributed by atoms with van der Waals surface area (Å²) in [6, 6.07) is 0. The van der Waals surface area contributed by atoms with Gasteiger partial charge in [-0.2, -0.15) is 0 Å². The third-order valence-corrected chi connectivity index (χ3v) is 2.85. The van der Waals surface area contributed by atoms with Crippen molar-refractivity contribution in [2.45, 2.75) is 38.8 Å². The summed E-state index contributed by atoms with van der Waals surface area (Å²) in [5.41, 5.74) is -0.129. The van der Waals surface area contributed by atoms with Crippen molar-refractivity contribution in [2.75, 3.05) is 6.61 Å². The van der Waals surface area contributed by atoms with Crippen LogP contribution < -0.4 is 0 Å². The lowest BCUT2D eigenvalue weighted by Gasteiger charge is -2.20. The van der Waals surface area contributed by atoms with E-state index in [1.165, 1.54) is 6.20 Å². The van der Waals surface area contributed by atoms with Crippen molar-refractivity contribution >= 4 is 5.78 Å². The molecular weight excluding hydrogens is 194 g/mol. The Kier molecular flexibility index (Phi) is 2.56. The van der Waals surface area contributed by atoms with E-state index < -0.39 is 5.60 Å². The van der Waals surface area contributed by atoms with E-state index in [0.717, 1.165) is 12.8 Å². The highest BCUT2D eigenvalue weighted by Gasteiger charge is 2.39. The van der Waals surface area contributed by atoms with Crippen molar-refractivity contribution in [3.63, 3.8) is 0 Å². The van der Waals surface area contributed by atoms with Gasteiger partial charge < -0.3 is 4.74 Å². The third kappa shape index (κ3) is 1.67. The lowest BCUT2D eigenvalue weighted by Crippen LogP contribution is -2.35. The molecule has 0 amide bonds. The molecule has 2 heterocycles. The summed E-state index contributed by atoms with van der Waals surface area (Å²) in [4.78, 5) is 12.2. The average molecular weight is 209 g/mol. The average Bonchev–Trinajstić information content (AvgIpc) is 2.85. The second-order valence-corrected chi connectivity index (χ2v) is 3.95. The smallest absolute Gasteiger partial charge is 0.213 e. The predicted molar refractivity (Wildman–Crippen MR) is 53.6 cm³/mol. The number of aryl methyl sites for hydroxylation is 1. The van der Waals surface area contributed by atoms with Crippen molar-refractivity contribution in [2.24, 2.45) is 0 Å². The first-order valence-corrected chi connectivity index (χ1v) is 5.24. The minimum atomic E-state index is -0.672. The maximum Gasteiger partial charge on any atom is 0.213 e. The fourth-order valence-electron chi connectivity index (χ4n) is 1.90. The van der Waals surface area contributed by atoms with Gasteiger partial charge >= 0.3 is 0 Å². The van der Waals surface area contributed by atoms with E-state index in [4.69, 9.17) is 4.74 Å². The molecule has 1 fully saturated rings. The number of hydrogen-bond acceptors (Lipinski definition) is 4. The fourth-order valence-corrected chi connectivity index (χ4v) is 1.90. The van der Waals surface area contributed by atoms with Gasteiger partial charge in [-0.05, 0) is 26.7 Å². The summed E-state index contributed by atoms with van der Waals surface area (Å²) in [5, 5.41) is 7.60. The Labute approximate surface area is 88.4 Å². The van der Waals surface area contributed by atoms with Crippen LogP contribution in [0.15, 0.2) is 6.20 Å². The van der Waals surface area contributed by atoms with Crippen molar-refractivity contribution < 1.29 is 9.53 Å². The monoisotopic (exact) mass is 209 g/mol. The summed E-state index contributed by atoms with van der Waals surface area (Å²) in [6.07, 6.45) is 3.23. The minimum Gasteiger partial charge on any atom is -0.367 e. The Balaban J connectivity index is 2.27. The molecular formula is C10H15N3O2. The van der Waals surface area contributed by atoms with Crippen LogP contribution in [0, 0.1) is 0 Å². The van der Waals surface area contributed by atoms with Gasteiger partial charge in [0, 0.05) is 13.2 Å². The van der Waals surface area contributed by atoms with E-state index in [1.807, 2.05) is 13.8 Å². The highest BCUT2D eigenvalue weighted by Crippen LogP contribution is 2.28. The van der Waals surface area contributed by atoms with Crippen molar-refractivity contribution in [1.82, 2.24) is 15.0 Å². The molecule has 2 rings (SSSR count). The predicted octanol–water partition coefficient (Wildman–Crippen LogP) is 1.05. The SMILES string of the molecule is CCn1nncc1C(=O)C1(C)CCCO1. The van der Waals surface area contributed by atoms with Crippen molar-refractivity contribution in [3.05, 3.63) is 11.9 Å². The van der Waals surface area contributed by atoms with E-state index in [2.05, 4.69) is 10.3 Å². The molecule has 0 saturated carbocycles. The Bertz CT molecular complexity index is 366. The molecule has 5 heteroatoms. The third-order valence-electron chi connectivity index (χ3n) is 2.85. The van der Waals surface area contributed by atoms with E-state index in [0.29, 0.717) is 18.8 Å². The first kappa shape index (κ1) is 10.3. The summed E-state index contributed by atoms with van der Waals surface area (Å²) >= 11 is 0. The molecule has 0 bridgehead atoms. The first-order chi connectivity index (χ1) is 7.17. The van der Waals surface area contributed by atoms with Gasteiger partial charge in [0.15, 0.2) is 0 Å². The van der Waals surface area contributed by atoms with Gasteiger partial charge in [-0.3, -0.25) is 4.79 Å². The maximum absolute atomic E-state index is 12.2. The fraction of sp³-hybridized carbons (Fsp3) is 0.700. The molecule has 15 heavy (non-hydrogen) atoms. The van der Waals surface area contributed by atoms with Gasteiger partial charge in [0.1, 0.15) is 11.3 Å². The Morgan fingerprint density at radius 3 is 3.13 bits per heavy atom. The second kappa shape index (κ2) is 3.73. The zero-order valence-corrected chi connectivity index (χ0v) is 9.06. The standard InChI is InChI=1S/C10H15N3O2/c1-3-13-8(7-11-12-13)9(14)10(2)5-4-6-15-10/h7H,3-6H2,1-2H3. The molecule has 1 aliphatic heterocycles. The van der Waals surface area contributed by atoms with Crippen LogP contribution in [-0.2, 0) is 11.3 Å². The molecule has 0 radical (unpaired) electrons. The number of carbonyl (C=O) groups is 1. The minimum absolute atomic E-state index is 0.00755. The first-order valence-electron chi connectivity index (χ1n) is 5.24. The molecule has 1 aliphatic rings. The topological polar surface area (TPSA) is 57.0 Å². The molecule has 0 spiro atoms. The molecule has 1 aromatic rings. The number of ketones is 1. The normalized spacial score (nSPS) is 25.7. The van der Waals surface area contributed by atoms with E-state index in [-0.39, 0.29) is 5.78 Å². The van der Waals surface area contributed by atoms with Crippen LogP contribution in [0.4, 0.5) is 0 Å². The number of ether oxygens (including phenoxy) is 1. The van der Waals surface area contributed by atoms with Gasteiger partial charge in [-0.25, -0.2) is 4.68 Å². The highest BCUT2D eigenvalue weighted by atomic mass is 16.5. The molecule has 82 valence electrons. The van der Waals surface area contributed by atoms with Crippen LogP contribution in [0.2, 0.25) is 0 Å². The van der Waals surface area contributed by atoms with E-state index in [1.54, 1.807) is 4.68 Å². The van der Waals surface area contributed by atoms with Gasteiger partial charge in [0.25, 0.3) is 0 Å². The highest BCUT2D eigenvalue weighted by molar-refractivity contribution is 6.00. The van der Waals surface area contributed by atoms with Gasteiger partial charge in [-0.15, -0.1) is 5.10 Å². The van der Waals surface area contributed by atoms with E-state index in [9.17, 15) is 4.79 Å². The zero-order chi connectivity index (χ0) is 10.9. The van der Waals surface area contributed by atoms with Crippen LogP contribution in [-0.4, -0.2) is 33.0 Å². The molecule has 1 atom stereocenters. The molecule has 0 aliphatic carbocycles. The quantitative estimate of drug-likeness (QED) is 0.698. The Morgan fingerprint density at radius 2 is 2.53 bits per heavy atom. The number of nitrogens with zero attached hydrogens (tertiary/aromatic N) is 3. The second-order valence-electron chi connectivity index (χ2n) is 3.95. The largest absolute Gasteiger partial charge is 0.367 e. The van der Waals surface area contributed by atoms with Crippen LogP contribution in [0.25, 0.3) is 0 Å². The lowest BCUT2D eigenvalue weighted by molar-refractivity contribution is 0.0204. The molecule has 1 saturated heterocycles. The number of hydrogen-bond donors (Lipinski definition) is 0. The van der Waals surface area contributed by atoms with Crippen LogP contribution in [0.1, 0.15) is 37.2 Å². The van der Waals surface area contributed by atoms with Crippen molar-refractivity contribution in [1.29, 1.82) is 0 Å². The Morgan fingerprint density at radius 1 is 1.73 bits per heavy atom. The van der Waals surface area contributed by atoms with Crippen LogP contribution in [0.5, 0.6) is 0 Å². The number of rotatable bonds is 3. The van der Waals surface area contributed by atoms with Crippen LogP contribution >= 0.6 is 0 Å². The van der Waals surface area contributed by atoms with Gasteiger partial charge in [-0.1, -0.05) is 5.21 Å². The molecule has 0 aromatic carbocycles. The Hall–Kier alpha value is -1.23. The van der Waals surface area contributed by atoms with E-state index >= 15 is 0 Å². The summed E-state index contributed by atoms with van der Waals surface area (Å²) in [6.45, 7) is 5.09. The lowest BCUT2D eigenvalue weighted by atomic mass is 9.95. The maximum atomic E-state index is 12.2. The number of Topliss-reactive ketones (excluding diaryl/α,β-unsaturated/α-hetero) is 1. The summed E-state index contributed by atoms with van der Waals surface area (Å²) in [7, 11) is 0. The van der Waals surface area contributed by atoms with Gasteiger partial charge in [0.05, 0.1) is 6.20 Å². The molecule has 0 N–H and O–H groups in total. The summed E-state index contributed by atoms with van der Waals surface area (Å²) in [5.74, 6) is -0.00755. The van der Waals surface area contributed by atoms with Crippen molar-refractivity contribution in [3.8, 4) is 0 Å². The number of carbonyl (C=O) groups excluding carboxylic acids is 1. The number of aromatic nitrogens is 3. The zero-order valence-electron chi connectivity index (χ0n) is 9.06.